The molecular weight excluding hydrogens is 370 g/mol. The third kappa shape index (κ3) is 5.16. The van der Waals surface area contributed by atoms with Gasteiger partial charge in [0.05, 0.1) is 20.8 Å². The minimum atomic E-state index is 0.424. The van der Waals surface area contributed by atoms with Crippen LogP contribution < -0.4 is 20.5 Å². The lowest BCUT2D eigenvalue weighted by molar-refractivity contribution is 0.354. The molecule has 128 valence electrons. The highest BCUT2D eigenvalue weighted by Crippen LogP contribution is 2.33. The van der Waals surface area contributed by atoms with Gasteiger partial charge in [0.15, 0.2) is 17.5 Å². The van der Waals surface area contributed by atoms with Crippen LogP contribution in [-0.4, -0.2) is 26.7 Å². The summed E-state index contributed by atoms with van der Waals surface area (Å²) in [6, 6.07) is 14.0. The zero-order valence-electron chi connectivity index (χ0n) is 13.9. The molecule has 0 spiro atoms. The van der Waals surface area contributed by atoms with Gasteiger partial charge in [-0.05, 0) is 29.7 Å². The normalized spacial score (nSPS) is 11.2. The van der Waals surface area contributed by atoms with Crippen molar-refractivity contribution in [2.45, 2.75) is 13.0 Å². The average Bonchev–Trinajstić information content (AvgIpc) is 2.61. The second-order valence-corrected chi connectivity index (χ2v) is 6.02. The molecular formula is C18H22BrN3O2. The molecule has 6 heteroatoms. The molecule has 2 aromatic rings. The summed E-state index contributed by atoms with van der Waals surface area (Å²) in [5, 5.41) is 3.13. The molecule has 0 atom stereocenters. The van der Waals surface area contributed by atoms with Crippen LogP contribution in [0.15, 0.2) is 51.9 Å². The number of guanidine groups is 1. The minimum Gasteiger partial charge on any atom is -0.493 e. The fourth-order valence-corrected chi connectivity index (χ4v) is 2.67. The van der Waals surface area contributed by atoms with Gasteiger partial charge in [-0.1, -0.05) is 46.3 Å². The van der Waals surface area contributed by atoms with Gasteiger partial charge in [-0.25, -0.2) is 4.99 Å². The summed E-state index contributed by atoms with van der Waals surface area (Å²) in [5.74, 6) is 1.76. The minimum absolute atomic E-state index is 0.424. The molecule has 0 amide bonds. The van der Waals surface area contributed by atoms with E-state index < -0.39 is 0 Å². The molecule has 0 aromatic heterocycles. The first-order chi connectivity index (χ1) is 11.6. The van der Waals surface area contributed by atoms with E-state index in [0.29, 0.717) is 24.0 Å². The highest BCUT2D eigenvalue weighted by atomic mass is 79.9. The van der Waals surface area contributed by atoms with Crippen molar-refractivity contribution in [1.29, 1.82) is 0 Å². The number of hydrogen-bond donors (Lipinski definition) is 2. The Bertz CT molecular complexity index is 690. The lowest BCUT2D eigenvalue weighted by Crippen LogP contribution is -2.33. The van der Waals surface area contributed by atoms with E-state index in [0.717, 1.165) is 23.0 Å². The van der Waals surface area contributed by atoms with E-state index in [1.54, 1.807) is 14.2 Å². The number of hydrogen-bond acceptors (Lipinski definition) is 3. The highest BCUT2D eigenvalue weighted by Gasteiger charge is 2.09. The number of aliphatic imine (C=N–C) groups is 1. The summed E-state index contributed by atoms with van der Waals surface area (Å²) in [6.45, 7) is 1.19. The maximum Gasteiger partial charge on any atom is 0.188 e. The number of methoxy groups -OCH3 is 2. The SMILES string of the molecule is COc1cc(Br)c(CN=C(N)NCCc2ccccc2)cc1OC. The summed E-state index contributed by atoms with van der Waals surface area (Å²) in [7, 11) is 3.22. The van der Waals surface area contributed by atoms with Crippen molar-refractivity contribution in [1.82, 2.24) is 5.32 Å². The third-order valence-electron chi connectivity index (χ3n) is 3.53. The van der Waals surface area contributed by atoms with Crippen LogP contribution in [0.1, 0.15) is 11.1 Å². The van der Waals surface area contributed by atoms with Gasteiger partial charge in [-0.15, -0.1) is 0 Å². The molecule has 24 heavy (non-hydrogen) atoms. The fourth-order valence-electron chi connectivity index (χ4n) is 2.22. The molecule has 0 unspecified atom stereocenters. The van der Waals surface area contributed by atoms with Gasteiger partial charge in [-0.2, -0.15) is 0 Å². The first-order valence-electron chi connectivity index (χ1n) is 7.62. The summed E-state index contributed by atoms with van der Waals surface area (Å²) >= 11 is 3.52. The lowest BCUT2D eigenvalue weighted by atomic mass is 10.1. The van der Waals surface area contributed by atoms with Crippen molar-refractivity contribution in [3.05, 3.63) is 58.1 Å². The van der Waals surface area contributed by atoms with Crippen molar-refractivity contribution in [2.75, 3.05) is 20.8 Å². The fraction of sp³-hybridized carbons (Fsp3) is 0.278. The summed E-state index contributed by atoms with van der Waals surface area (Å²) in [5.41, 5.74) is 8.17. The maximum atomic E-state index is 5.93. The quantitative estimate of drug-likeness (QED) is 0.561. The molecule has 0 saturated heterocycles. The highest BCUT2D eigenvalue weighted by molar-refractivity contribution is 9.10. The van der Waals surface area contributed by atoms with Crippen molar-refractivity contribution >= 4 is 21.9 Å². The Hall–Kier alpha value is -2.21. The van der Waals surface area contributed by atoms with Crippen LogP contribution in [0, 0.1) is 0 Å². The topological polar surface area (TPSA) is 68.9 Å². The van der Waals surface area contributed by atoms with E-state index in [-0.39, 0.29) is 0 Å². The van der Waals surface area contributed by atoms with Crippen LogP contribution in [0.3, 0.4) is 0 Å². The van der Waals surface area contributed by atoms with Crippen molar-refractivity contribution in [3.63, 3.8) is 0 Å². The predicted octanol–water partition coefficient (Wildman–Crippen LogP) is 3.11. The van der Waals surface area contributed by atoms with Crippen LogP contribution in [0.5, 0.6) is 11.5 Å². The number of nitrogens with one attached hydrogen (secondary N) is 1. The van der Waals surface area contributed by atoms with Crippen LogP contribution in [0.2, 0.25) is 0 Å². The Balaban J connectivity index is 1.92. The predicted molar refractivity (Wildman–Crippen MR) is 101 cm³/mol. The third-order valence-corrected chi connectivity index (χ3v) is 4.27. The van der Waals surface area contributed by atoms with E-state index in [1.807, 2.05) is 30.3 Å². The van der Waals surface area contributed by atoms with Crippen molar-refractivity contribution < 1.29 is 9.47 Å². The van der Waals surface area contributed by atoms with Gasteiger partial charge in [0, 0.05) is 11.0 Å². The van der Waals surface area contributed by atoms with Crippen molar-refractivity contribution in [3.8, 4) is 11.5 Å². The second kappa shape index (κ2) is 9.17. The molecule has 0 fully saturated rings. The number of nitrogens with two attached hydrogens (primary N) is 1. The van der Waals surface area contributed by atoms with Crippen molar-refractivity contribution in [2.24, 2.45) is 10.7 Å². The Labute approximate surface area is 151 Å². The van der Waals surface area contributed by atoms with Gasteiger partial charge in [0.25, 0.3) is 0 Å². The lowest BCUT2D eigenvalue weighted by Gasteiger charge is -2.11. The van der Waals surface area contributed by atoms with Crippen LogP contribution >= 0.6 is 15.9 Å². The van der Waals surface area contributed by atoms with E-state index in [9.17, 15) is 0 Å². The smallest absolute Gasteiger partial charge is 0.188 e. The molecule has 0 saturated carbocycles. The van der Waals surface area contributed by atoms with Gasteiger partial charge < -0.3 is 20.5 Å². The van der Waals surface area contributed by atoms with Gasteiger partial charge >= 0.3 is 0 Å². The Morgan fingerprint density at radius 3 is 2.46 bits per heavy atom. The standard InChI is InChI=1S/C18H22BrN3O2/c1-23-16-10-14(15(19)11-17(16)24-2)12-22-18(20)21-9-8-13-6-4-3-5-7-13/h3-7,10-11H,8-9,12H2,1-2H3,(H3,20,21,22). The molecule has 0 aliphatic carbocycles. The van der Waals surface area contributed by atoms with Gasteiger partial charge in [0.2, 0.25) is 0 Å². The second-order valence-electron chi connectivity index (χ2n) is 5.16. The summed E-state index contributed by atoms with van der Waals surface area (Å²) in [6.07, 6.45) is 0.900. The van der Waals surface area contributed by atoms with Crippen LogP contribution in [0.4, 0.5) is 0 Å². The number of rotatable bonds is 7. The number of halogens is 1. The van der Waals surface area contributed by atoms with Crippen LogP contribution in [-0.2, 0) is 13.0 Å². The Kier molecular flexibility index (Phi) is 6.93. The number of nitrogens with zero attached hydrogens (tertiary/aromatic N) is 1. The zero-order valence-corrected chi connectivity index (χ0v) is 15.5. The van der Waals surface area contributed by atoms with E-state index in [1.165, 1.54) is 5.56 Å². The number of ether oxygens (including phenoxy) is 2. The molecule has 0 bridgehead atoms. The van der Waals surface area contributed by atoms with E-state index in [4.69, 9.17) is 15.2 Å². The molecule has 5 nitrogen and oxygen atoms in total. The summed E-state index contributed by atoms with van der Waals surface area (Å²) < 4.78 is 11.5. The Morgan fingerprint density at radius 2 is 1.79 bits per heavy atom. The first-order valence-corrected chi connectivity index (χ1v) is 8.41. The molecule has 2 aromatic carbocycles. The molecule has 0 heterocycles. The average molecular weight is 392 g/mol. The molecule has 3 N–H and O–H groups in total. The number of benzene rings is 2. The van der Waals surface area contributed by atoms with E-state index >= 15 is 0 Å². The van der Waals surface area contributed by atoms with E-state index in [2.05, 4.69) is 38.4 Å². The maximum absolute atomic E-state index is 5.93. The van der Waals surface area contributed by atoms with Crippen LogP contribution in [0.25, 0.3) is 0 Å². The summed E-state index contributed by atoms with van der Waals surface area (Å²) in [4.78, 5) is 4.37. The zero-order chi connectivity index (χ0) is 17.4. The molecule has 2 rings (SSSR count). The molecule has 0 aliphatic rings. The first kappa shape index (κ1) is 18.1. The Morgan fingerprint density at radius 1 is 1.12 bits per heavy atom. The molecule has 0 radical (unpaired) electrons. The molecule has 0 aliphatic heterocycles. The van der Waals surface area contributed by atoms with Gasteiger partial charge in [0.1, 0.15) is 0 Å². The monoisotopic (exact) mass is 391 g/mol. The largest absolute Gasteiger partial charge is 0.493 e. The van der Waals surface area contributed by atoms with Gasteiger partial charge in [-0.3, -0.25) is 0 Å².